The Morgan fingerprint density at radius 3 is 2.32 bits per heavy atom. The van der Waals surface area contributed by atoms with Crippen molar-refractivity contribution in [3.8, 4) is 5.75 Å². The highest BCUT2D eigenvalue weighted by Gasteiger charge is 2.15. The first-order chi connectivity index (χ1) is 16.1. The van der Waals surface area contributed by atoms with E-state index >= 15 is 0 Å². The van der Waals surface area contributed by atoms with E-state index < -0.39 is 15.9 Å². The van der Waals surface area contributed by atoms with Gasteiger partial charge in [-0.3, -0.25) is 10.1 Å². The molecule has 0 bridgehead atoms. The van der Waals surface area contributed by atoms with Gasteiger partial charge in [0.25, 0.3) is 5.91 Å². The van der Waals surface area contributed by atoms with Gasteiger partial charge in [0.1, 0.15) is 5.75 Å². The summed E-state index contributed by atoms with van der Waals surface area (Å²) in [6, 6.07) is 20.3. The van der Waals surface area contributed by atoms with E-state index in [4.69, 9.17) is 17.0 Å². The van der Waals surface area contributed by atoms with Crippen molar-refractivity contribution < 1.29 is 17.9 Å². The van der Waals surface area contributed by atoms with Crippen molar-refractivity contribution >= 4 is 54.9 Å². The second-order valence-electron chi connectivity index (χ2n) is 7.55. The third-order valence-electron chi connectivity index (χ3n) is 4.52. The largest absolute Gasteiger partial charge is 0.490 e. The molecule has 3 rings (SSSR count). The summed E-state index contributed by atoms with van der Waals surface area (Å²) < 4.78 is 33.9. The highest BCUT2D eigenvalue weighted by atomic mass is 79.9. The molecule has 178 valence electrons. The van der Waals surface area contributed by atoms with Gasteiger partial charge in [0.15, 0.2) is 5.11 Å². The van der Waals surface area contributed by atoms with Crippen LogP contribution < -0.4 is 20.1 Å². The number of carbonyl (C=O) groups is 1. The number of thiocarbonyl (C=S) groups is 1. The third kappa shape index (κ3) is 7.36. The maximum atomic E-state index is 12.5. The van der Waals surface area contributed by atoms with E-state index in [1.54, 1.807) is 30.3 Å². The van der Waals surface area contributed by atoms with Crippen LogP contribution in [0.2, 0.25) is 0 Å². The van der Waals surface area contributed by atoms with Crippen molar-refractivity contribution in [3.05, 3.63) is 88.4 Å². The van der Waals surface area contributed by atoms with Gasteiger partial charge in [-0.25, -0.2) is 13.1 Å². The number of benzene rings is 3. The number of sulfonamides is 1. The molecular formula is C24H24BrN3O4S2. The van der Waals surface area contributed by atoms with Crippen molar-refractivity contribution in [2.45, 2.75) is 31.4 Å². The molecule has 0 aromatic heterocycles. The number of amides is 1. The molecule has 0 atom stereocenters. The van der Waals surface area contributed by atoms with Crippen LogP contribution in [-0.4, -0.2) is 25.5 Å². The molecule has 3 N–H and O–H groups in total. The lowest BCUT2D eigenvalue weighted by molar-refractivity contribution is 0.0977. The molecule has 3 aromatic carbocycles. The van der Waals surface area contributed by atoms with Gasteiger partial charge >= 0.3 is 0 Å². The van der Waals surface area contributed by atoms with Crippen LogP contribution in [0.3, 0.4) is 0 Å². The molecule has 0 spiro atoms. The number of halogens is 1. The van der Waals surface area contributed by atoms with Crippen LogP contribution >= 0.6 is 28.1 Å². The molecule has 10 heteroatoms. The quantitative estimate of drug-likeness (QED) is 0.340. The van der Waals surface area contributed by atoms with Gasteiger partial charge in [0.2, 0.25) is 10.0 Å². The van der Waals surface area contributed by atoms with Crippen molar-refractivity contribution in [2.75, 3.05) is 5.32 Å². The van der Waals surface area contributed by atoms with Crippen LogP contribution in [0.5, 0.6) is 5.75 Å². The van der Waals surface area contributed by atoms with E-state index in [1.165, 1.54) is 12.1 Å². The van der Waals surface area contributed by atoms with E-state index in [0.717, 1.165) is 5.56 Å². The molecule has 34 heavy (non-hydrogen) atoms. The van der Waals surface area contributed by atoms with Crippen LogP contribution in [0.1, 0.15) is 29.8 Å². The summed E-state index contributed by atoms with van der Waals surface area (Å²) in [5.41, 5.74) is 1.80. The fourth-order valence-corrected chi connectivity index (χ4v) is 4.60. The van der Waals surface area contributed by atoms with Crippen LogP contribution in [-0.2, 0) is 16.6 Å². The second kappa shape index (κ2) is 11.6. The third-order valence-corrected chi connectivity index (χ3v) is 6.76. The Morgan fingerprint density at radius 1 is 1.03 bits per heavy atom. The summed E-state index contributed by atoms with van der Waals surface area (Å²) >= 11 is 8.62. The number of carbonyl (C=O) groups excluding carboxylic acids is 1. The van der Waals surface area contributed by atoms with E-state index in [9.17, 15) is 13.2 Å². The number of hydrogen-bond donors (Lipinski definition) is 3. The fourth-order valence-electron chi connectivity index (χ4n) is 2.90. The van der Waals surface area contributed by atoms with Gasteiger partial charge < -0.3 is 10.1 Å². The van der Waals surface area contributed by atoms with Crippen molar-refractivity contribution in [1.82, 2.24) is 10.0 Å². The molecule has 0 fully saturated rings. The topological polar surface area (TPSA) is 96.5 Å². The Balaban J connectivity index is 1.57. The number of ether oxygens (including phenoxy) is 1. The zero-order chi connectivity index (χ0) is 24.7. The van der Waals surface area contributed by atoms with E-state index in [1.807, 2.05) is 44.2 Å². The smallest absolute Gasteiger partial charge is 0.257 e. The highest BCUT2D eigenvalue weighted by molar-refractivity contribution is 9.10. The normalized spacial score (nSPS) is 11.2. The van der Waals surface area contributed by atoms with Crippen LogP contribution in [0.25, 0.3) is 0 Å². The molecule has 0 unspecified atom stereocenters. The number of hydrogen-bond acceptors (Lipinski definition) is 5. The molecule has 3 aromatic rings. The standard InChI is InChI=1S/C24H24BrN3O4S2/c1-16(2)32-22-13-8-18(14-21(22)25)23(29)28-24(33)27-19-9-11-20(12-10-19)34(30,31)26-15-17-6-4-3-5-7-17/h3-14,16,26H,15H2,1-2H3,(H2,27,28,29,33). The average Bonchev–Trinajstić information content (AvgIpc) is 2.80. The highest BCUT2D eigenvalue weighted by Crippen LogP contribution is 2.27. The lowest BCUT2D eigenvalue weighted by atomic mass is 10.2. The number of rotatable bonds is 8. The molecule has 0 aliphatic heterocycles. The monoisotopic (exact) mass is 561 g/mol. The summed E-state index contributed by atoms with van der Waals surface area (Å²) in [5, 5.41) is 5.57. The van der Waals surface area contributed by atoms with E-state index in [-0.39, 0.29) is 22.7 Å². The average molecular weight is 563 g/mol. The van der Waals surface area contributed by atoms with Crippen molar-refractivity contribution in [1.29, 1.82) is 0 Å². The summed E-state index contributed by atoms with van der Waals surface area (Å²) in [6.45, 7) is 4.03. The molecule has 0 saturated heterocycles. The Morgan fingerprint density at radius 2 is 1.71 bits per heavy atom. The molecule has 0 aliphatic rings. The van der Waals surface area contributed by atoms with Crippen LogP contribution in [0.4, 0.5) is 5.69 Å². The Labute approximate surface area is 213 Å². The lowest BCUT2D eigenvalue weighted by Gasteiger charge is -2.13. The van der Waals surface area contributed by atoms with Gasteiger partial charge in [-0.1, -0.05) is 30.3 Å². The van der Waals surface area contributed by atoms with Crippen LogP contribution in [0.15, 0.2) is 82.2 Å². The maximum absolute atomic E-state index is 12.5. The number of anilines is 1. The summed E-state index contributed by atoms with van der Waals surface area (Å²) in [4.78, 5) is 12.6. The first kappa shape index (κ1) is 25.8. The van der Waals surface area contributed by atoms with Gasteiger partial charge in [0, 0.05) is 17.8 Å². The predicted octanol–water partition coefficient (Wildman–Crippen LogP) is 4.84. The molecule has 0 heterocycles. The fraction of sp³-hybridized carbons (Fsp3) is 0.167. The summed E-state index contributed by atoms with van der Waals surface area (Å²) in [6.07, 6.45) is 0.00812. The minimum Gasteiger partial charge on any atom is -0.490 e. The minimum atomic E-state index is -3.67. The predicted molar refractivity (Wildman–Crippen MR) is 141 cm³/mol. The van der Waals surface area contributed by atoms with Gasteiger partial charge in [-0.05, 0) is 90.0 Å². The van der Waals surface area contributed by atoms with Crippen LogP contribution in [0, 0.1) is 0 Å². The molecule has 0 aliphatic carbocycles. The van der Waals surface area contributed by atoms with E-state index in [0.29, 0.717) is 21.5 Å². The van der Waals surface area contributed by atoms with Crippen molar-refractivity contribution in [2.24, 2.45) is 0 Å². The SMILES string of the molecule is CC(C)Oc1ccc(C(=O)NC(=S)Nc2ccc(S(=O)(=O)NCc3ccccc3)cc2)cc1Br. The lowest BCUT2D eigenvalue weighted by Crippen LogP contribution is -2.34. The first-order valence-corrected chi connectivity index (χ1v) is 13.0. The number of nitrogens with one attached hydrogen (secondary N) is 3. The zero-order valence-corrected chi connectivity index (χ0v) is 21.8. The van der Waals surface area contributed by atoms with Gasteiger partial charge in [-0.15, -0.1) is 0 Å². The Bertz CT molecular complexity index is 1270. The Kier molecular flexibility index (Phi) is 8.78. The molecule has 7 nitrogen and oxygen atoms in total. The molecule has 0 radical (unpaired) electrons. The molecule has 1 amide bonds. The zero-order valence-electron chi connectivity index (χ0n) is 18.5. The van der Waals surface area contributed by atoms with Gasteiger partial charge in [-0.2, -0.15) is 0 Å². The minimum absolute atomic E-state index is 0.00812. The maximum Gasteiger partial charge on any atom is 0.257 e. The van der Waals surface area contributed by atoms with Crippen molar-refractivity contribution in [3.63, 3.8) is 0 Å². The first-order valence-electron chi connectivity index (χ1n) is 10.4. The van der Waals surface area contributed by atoms with Gasteiger partial charge in [0.05, 0.1) is 15.5 Å². The molecule has 0 saturated carbocycles. The van der Waals surface area contributed by atoms with E-state index in [2.05, 4.69) is 31.3 Å². The second-order valence-corrected chi connectivity index (χ2v) is 10.6. The molecular weight excluding hydrogens is 538 g/mol. The Hall–Kier alpha value is -2.79. The summed E-state index contributed by atoms with van der Waals surface area (Å²) in [5.74, 6) is 0.249. The summed E-state index contributed by atoms with van der Waals surface area (Å²) in [7, 11) is -3.67.